The summed E-state index contributed by atoms with van der Waals surface area (Å²) in [5.74, 6) is 0.806. The molecular weight excluding hydrogens is 330 g/mol. The number of hydrogen-bond donors (Lipinski definition) is 1. The fourth-order valence-corrected chi connectivity index (χ4v) is 3.85. The van der Waals surface area contributed by atoms with Crippen LogP contribution in [-0.4, -0.2) is 26.3 Å². The van der Waals surface area contributed by atoms with Crippen LogP contribution in [0, 0.1) is 6.92 Å². The molecule has 0 saturated heterocycles. The molecular formula is C17H19NO3S2. The van der Waals surface area contributed by atoms with Crippen LogP contribution in [0.3, 0.4) is 0 Å². The molecule has 1 amide bonds. The molecule has 122 valence electrons. The molecule has 0 aromatic heterocycles. The molecule has 6 heteroatoms. The zero-order valence-corrected chi connectivity index (χ0v) is 14.7. The van der Waals surface area contributed by atoms with E-state index >= 15 is 0 Å². The van der Waals surface area contributed by atoms with Gasteiger partial charge in [0.1, 0.15) is 0 Å². The van der Waals surface area contributed by atoms with Crippen LogP contribution in [0.2, 0.25) is 0 Å². The van der Waals surface area contributed by atoms with Gasteiger partial charge in [0.2, 0.25) is 5.91 Å². The fourth-order valence-electron chi connectivity index (χ4n) is 2.11. The number of anilines is 1. The monoisotopic (exact) mass is 349 g/mol. The maximum atomic E-state index is 12.0. The van der Waals surface area contributed by atoms with E-state index in [2.05, 4.69) is 5.32 Å². The van der Waals surface area contributed by atoms with E-state index in [1.807, 2.05) is 31.2 Å². The standard InChI is InChI=1S/C17H19NO3S2/c1-13-7-3-4-8-14(13)11-22-12-17(19)18-15-9-5-6-10-16(15)23(2,20)21/h3-10H,11-12H2,1-2H3,(H,18,19). The summed E-state index contributed by atoms with van der Waals surface area (Å²) in [6.45, 7) is 2.04. The molecule has 0 aliphatic rings. The number of thioether (sulfide) groups is 1. The van der Waals surface area contributed by atoms with Gasteiger partial charge in [-0.25, -0.2) is 8.42 Å². The molecule has 0 fully saturated rings. The minimum atomic E-state index is -3.37. The predicted octanol–water partition coefficient (Wildman–Crippen LogP) is 3.27. The van der Waals surface area contributed by atoms with Crippen LogP contribution in [-0.2, 0) is 20.4 Å². The van der Waals surface area contributed by atoms with Crippen molar-refractivity contribution in [1.29, 1.82) is 0 Å². The lowest BCUT2D eigenvalue weighted by Crippen LogP contribution is -2.16. The van der Waals surface area contributed by atoms with Gasteiger partial charge in [0.25, 0.3) is 0 Å². The minimum Gasteiger partial charge on any atom is -0.324 e. The third kappa shape index (κ3) is 5.11. The largest absolute Gasteiger partial charge is 0.324 e. The summed E-state index contributed by atoms with van der Waals surface area (Å²) >= 11 is 1.50. The summed E-state index contributed by atoms with van der Waals surface area (Å²) in [4.78, 5) is 12.2. The Balaban J connectivity index is 1.95. The Hall–Kier alpha value is -1.79. The van der Waals surface area contributed by atoms with E-state index in [0.717, 1.165) is 12.0 Å². The maximum absolute atomic E-state index is 12.0. The molecule has 23 heavy (non-hydrogen) atoms. The average Bonchev–Trinajstić information content (AvgIpc) is 2.49. The van der Waals surface area contributed by atoms with Gasteiger partial charge in [-0.1, -0.05) is 36.4 Å². The smallest absolute Gasteiger partial charge is 0.234 e. The van der Waals surface area contributed by atoms with Gasteiger partial charge in [0, 0.05) is 12.0 Å². The number of aryl methyl sites for hydroxylation is 1. The second-order valence-corrected chi connectivity index (χ2v) is 8.21. The highest BCUT2D eigenvalue weighted by Gasteiger charge is 2.14. The van der Waals surface area contributed by atoms with Gasteiger partial charge in [0.15, 0.2) is 9.84 Å². The number of amides is 1. The number of para-hydroxylation sites is 1. The van der Waals surface area contributed by atoms with Crippen molar-refractivity contribution in [2.75, 3.05) is 17.3 Å². The Morgan fingerprint density at radius 3 is 2.43 bits per heavy atom. The predicted molar refractivity (Wildman–Crippen MR) is 95.5 cm³/mol. The summed E-state index contributed by atoms with van der Waals surface area (Å²) in [5, 5.41) is 2.68. The molecule has 0 radical (unpaired) electrons. The van der Waals surface area contributed by atoms with Crippen molar-refractivity contribution in [3.05, 3.63) is 59.7 Å². The highest BCUT2D eigenvalue weighted by molar-refractivity contribution is 7.99. The van der Waals surface area contributed by atoms with E-state index in [9.17, 15) is 13.2 Å². The molecule has 0 heterocycles. The molecule has 0 atom stereocenters. The van der Waals surface area contributed by atoms with Gasteiger partial charge in [-0.05, 0) is 30.2 Å². The lowest BCUT2D eigenvalue weighted by molar-refractivity contribution is -0.113. The summed E-state index contributed by atoms with van der Waals surface area (Å²) in [6, 6.07) is 14.5. The Morgan fingerprint density at radius 2 is 1.74 bits per heavy atom. The first-order valence-electron chi connectivity index (χ1n) is 7.09. The van der Waals surface area contributed by atoms with Crippen LogP contribution in [0.1, 0.15) is 11.1 Å². The van der Waals surface area contributed by atoms with Gasteiger partial charge in [-0.3, -0.25) is 4.79 Å². The van der Waals surface area contributed by atoms with Crippen LogP contribution in [0.15, 0.2) is 53.4 Å². The Bertz CT molecular complexity index is 801. The second-order valence-electron chi connectivity index (χ2n) is 5.24. The molecule has 4 nitrogen and oxygen atoms in total. The molecule has 0 saturated carbocycles. The molecule has 2 rings (SSSR count). The van der Waals surface area contributed by atoms with Crippen molar-refractivity contribution in [2.24, 2.45) is 0 Å². The van der Waals surface area contributed by atoms with Crippen molar-refractivity contribution in [3.63, 3.8) is 0 Å². The summed E-state index contributed by atoms with van der Waals surface area (Å²) in [7, 11) is -3.37. The van der Waals surface area contributed by atoms with Gasteiger partial charge >= 0.3 is 0 Å². The first-order valence-corrected chi connectivity index (χ1v) is 10.1. The lowest BCUT2D eigenvalue weighted by Gasteiger charge is -2.10. The van der Waals surface area contributed by atoms with Crippen molar-refractivity contribution < 1.29 is 13.2 Å². The zero-order valence-electron chi connectivity index (χ0n) is 13.1. The summed E-state index contributed by atoms with van der Waals surface area (Å²) in [5.41, 5.74) is 2.72. The van der Waals surface area contributed by atoms with Crippen LogP contribution in [0.5, 0.6) is 0 Å². The number of nitrogens with one attached hydrogen (secondary N) is 1. The van der Waals surface area contributed by atoms with Gasteiger partial charge in [-0.2, -0.15) is 0 Å². The van der Waals surface area contributed by atoms with E-state index in [4.69, 9.17) is 0 Å². The van der Waals surface area contributed by atoms with Gasteiger partial charge in [-0.15, -0.1) is 11.8 Å². The first kappa shape index (κ1) is 17.6. The highest BCUT2D eigenvalue weighted by atomic mass is 32.2. The average molecular weight is 349 g/mol. The number of hydrogen-bond acceptors (Lipinski definition) is 4. The second kappa shape index (κ2) is 7.66. The Labute approximate surface area is 141 Å². The van der Waals surface area contributed by atoms with Crippen molar-refractivity contribution in [1.82, 2.24) is 0 Å². The first-order chi connectivity index (χ1) is 10.9. The molecule has 2 aromatic rings. The maximum Gasteiger partial charge on any atom is 0.234 e. The molecule has 0 aliphatic carbocycles. The van der Waals surface area contributed by atoms with Crippen LogP contribution in [0.25, 0.3) is 0 Å². The molecule has 2 aromatic carbocycles. The topological polar surface area (TPSA) is 63.2 Å². The van der Waals surface area contributed by atoms with E-state index in [0.29, 0.717) is 5.69 Å². The lowest BCUT2D eigenvalue weighted by atomic mass is 10.1. The van der Waals surface area contributed by atoms with Gasteiger partial charge < -0.3 is 5.32 Å². The van der Waals surface area contributed by atoms with Crippen molar-refractivity contribution in [3.8, 4) is 0 Å². The van der Waals surface area contributed by atoms with E-state index < -0.39 is 9.84 Å². The Kier molecular flexibility index (Phi) is 5.85. The number of benzene rings is 2. The van der Waals surface area contributed by atoms with E-state index in [1.54, 1.807) is 18.2 Å². The number of carbonyl (C=O) groups is 1. The highest BCUT2D eigenvalue weighted by Crippen LogP contribution is 2.21. The Morgan fingerprint density at radius 1 is 1.09 bits per heavy atom. The van der Waals surface area contributed by atoms with Crippen LogP contribution in [0.4, 0.5) is 5.69 Å². The molecule has 0 unspecified atom stereocenters. The normalized spacial score (nSPS) is 11.2. The summed E-state index contributed by atoms with van der Waals surface area (Å²) in [6.07, 6.45) is 1.13. The van der Waals surface area contributed by atoms with Crippen LogP contribution < -0.4 is 5.32 Å². The van der Waals surface area contributed by atoms with Crippen molar-refractivity contribution in [2.45, 2.75) is 17.6 Å². The fraction of sp³-hybridized carbons (Fsp3) is 0.235. The number of sulfone groups is 1. The van der Waals surface area contributed by atoms with Crippen molar-refractivity contribution >= 4 is 33.2 Å². The minimum absolute atomic E-state index is 0.136. The van der Waals surface area contributed by atoms with E-state index in [-0.39, 0.29) is 16.6 Å². The number of carbonyl (C=O) groups excluding carboxylic acids is 1. The quantitative estimate of drug-likeness (QED) is 0.869. The van der Waals surface area contributed by atoms with Crippen LogP contribution >= 0.6 is 11.8 Å². The third-order valence-corrected chi connectivity index (χ3v) is 5.45. The third-order valence-electron chi connectivity index (χ3n) is 3.31. The SMILES string of the molecule is Cc1ccccc1CSCC(=O)Nc1ccccc1S(C)(=O)=O. The molecule has 1 N–H and O–H groups in total. The van der Waals surface area contributed by atoms with Gasteiger partial charge in [0.05, 0.1) is 16.3 Å². The molecule has 0 bridgehead atoms. The summed E-state index contributed by atoms with van der Waals surface area (Å²) < 4.78 is 23.4. The van der Waals surface area contributed by atoms with E-state index in [1.165, 1.54) is 29.0 Å². The number of rotatable bonds is 6. The molecule has 0 spiro atoms. The molecule has 0 aliphatic heterocycles. The zero-order chi connectivity index (χ0) is 16.9.